The van der Waals surface area contributed by atoms with Crippen LogP contribution < -0.4 is 5.32 Å². The molecule has 23 heavy (non-hydrogen) atoms. The highest BCUT2D eigenvalue weighted by atomic mass is 79.9. The summed E-state index contributed by atoms with van der Waals surface area (Å²) in [6, 6.07) is 8.08. The van der Waals surface area contributed by atoms with E-state index in [0.717, 1.165) is 5.56 Å². The Hall–Kier alpha value is -2.48. The highest BCUT2D eigenvalue weighted by Gasteiger charge is 2.17. The van der Waals surface area contributed by atoms with Crippen LogP contribution >= 0.6 is 15.9 Å². The topological polar surface area (TPSA) is 77.6 Å². The van der Waals surface area contributed by atoms with Crippen molar-refractivity contribution in [1.82, 2.24) is 24.5 Å². The number of carbonyl (C=O) groups is 1. The summed E-state index contributed by atoms with van der Waals surface area (Å²) in [6.45, 7) is 2.65. The first-order valence-electron chi connectivity index (χ1n) is 6.97. The van der Waals surface area contributed by atoms with Gasteiger partial charge in [0.1, 0.15) is 12.0 Å². The molecule has 0 bridgehead atoms. The summed E-state index contributed by atoms with van der Waals surface area (Å²) in [7, 11) is 1.70. The van der Waals surface area contributed by atoms with Crippen molar-refractivity contribution in [3.05, 3.63) is 58.1 Å². The van der Waals surface area contributed by atoms with Gasteiger partial charge in [0.05, 0.1) is 17.2 Å². The van der Waals surface area contributed by atoms with Crippen LogP contribution in [0.15, 0.2) is 41.3 Å². The number of nitrogens with zero attached hydrogens (tertiary/aromatic N) is 5. The number of benzene rings is 1. The molecule has 0 aliphatic heterocycles. The third kappa shape index (κ3) is 3.31. The molecule has 0 aliphatic rings. The van der Waals surface area contributed by atoms with E-state index in [-0.39, 0.29) is 11.9 Å². The van der Waals surface area contributed by atoms with Crippen LogP contribution in [0.1, 0.15) is 21.6 Å². The fourth-order valence-corrected chi connectivity index (χ4v) is 2.75. The summed E-state index contributed by atoms with van der Waals surface area (Å²) in [4.78, 5) is 16.4. The van der Waals surface area contributed by atoms with Crippen molar-refractivity contribution in [2.45, 2.75) is 13.5 Å². The summed E-state index contributed by atoms with van der Waals surface area (Å²) in [5, 5.41) is 11.0. The van der Waals surface area contributed by atoms with Gasteiger partial charge >= 0.3 is 0 Å². The Morgan fingerprint density at radius 1 is 1.35 bits per heavy atom. The molecular weight excluding hydrogens is 360 g/mol. The van der Waals surface area contributed by atoms with Crippen LogP contribution in [0.25, 0.3) is 0 Å². The Labute approximate surface area is 141 Å². The molecule has 0 fully saturated rings. The number of amides is 1. The number of nitrogens with one attached hydrogen (secondary N) is 1. The predicted octanol–water partition coefficient (Wildman–Crippen LogP) is 2.38. The van der Waals surface area contributed by atoms with Gasteiger partial charge in [-0.25, -0.2) is 9.67 Å². The lowest BCUT2D eigenvalue weighted by atomic mass is 10.1. The zero-order valence-electron chi connectivity index (χ0n) is 12.7. The molecule has 8 heteroatoms. The molecule has 0 spiro atoms. The lowest BCUT2D eigenvalue weighted by Gasteiger charge is -2.05. The maximum absolute atomic E-state index is 12.2. The summed E-state index contributed by atoms with van der Waals surface area (Å²) in [6.07, 6.45) is 3.17. The van der Waals surface area contributed by atoms with Gasteiger partial charge in [0.15, 0.2) is 0 Å². The van der Waals surface area contributed by atoms with Crippen LogP contribution in [0, 0.1) is 6.92 Å². The first kappa shape index (κ1) is 15.4. The standard InChI is InChI=1S/C15H15BrN6O/c1-10-5-3-4-6-11(10)8-22-9-17-15(20-22)19-14(23)13-12(16)7-18-21(13)2/h3-7,9H,8H2,1-2H3,(H,19,20,23). The smallest absolute Gasteiger partial charge is 0.277 e. The molecule has 0 unspecified atom stereocenters. The Morgan fingerprint density at radius 3 is 2.83 bits per heavy atom. The molecule has 0 saturated carbocycles. The first-order chi connectivity index (χ1) is 11.0. The van der Waals surface area contributed by atoms with Gasteiger partial charge in [-0.3, -0.25) is 14.8 Å². The Morgan fingerprint density at radius 2 is 2.13 bits per heavy atom. The van der Waals surface area contributed by atoms with E-state index in [2.05, 4.69) is 49.4 Å². The summed E-state index contributed by atoms with van der Waals surface area (Å²) < 4.78 is 3.80. The van der Waals surface area contributed by atoms with Crippen LogP contribution in [0.2, 0.25) is 0 Å². The third-order valence-electron chi connectivity index (χ3n) is 3.46. The van der Waals surface area contributed by atoms with Crippen molar-refractivity contribution < 1.29 is 4.79 Å². The zero-order chi connectivity index (χ0) is 16.4. The molecule has 7 nitrogen and oxygen atoms in total. The number of rotatable bonds is 4. The van der Waals surface area contributed by atoms with Gasteiger partial charge in [-0.2, -0.15) is 5.10 Å². The normalized spacial score (nSPS) is 10.7. The minimum absolute atomic E-state index is 0.261. The number of anilines is 1. The fourth-order valence-electron chi connectivity index (χ4n) is 2.22. The van der Waals surface area contributed by atoms with E-state index in [1.165, 1.54) is 10.2 Å². The maximum atomic E-state index is 12.2. The molecular formula is C15H15BrN6O. The summed E-state index contributed by atoms with van der Waals surface area (Å²) in [5.74, 6) is -0.0535. The van der Waals surface area contributed by atoms with Crippen molar-refractivity contribution >= 4 is 27.8 Å². The lowest BCUT2D eigenvalue weighted by Crippen LogP contribution is -2.17. The van der Waals surface area contributed by atoms with Crippen LogP contribution in [-0.2, 0) is 13.6 Å². The van der Waals surface area contributed by atoms with Gasteiger partial charge in [0.25, 0.3) is 5.91 Å². The first-order valence-corrected chi connectivity index (χ1v) is 7.76. The second-order valence-corrected chi connectivity index (χ2v) is 5.97. The molecule has 2 aromatic heterocycles. The Balaban J connectivity index is 1.73. The van der Waals surface area contributed by atoms with E-state index in [1.807, 2.05) is 18.2 Å². The number of aromatic nitrogens is 5. The zero-order valence-corrected chi connectivity index (χ0v) is 14.3. The fraction of sp³-hybridized carbons (Fsp3) is 0.200. The highest BCUT2D eigenvalue weighted by Crippen LogP contribution is 2.16. The van der Waals surface area contributed by atoms with Crippen LogP contribution in [-0.4, -0.2) is 30.5 Å². The van der Waals surface area contributed by atoms with Crippen molar-refractivity contribution in [2.75, 3.05) is 5.32 Å². The average molecular weight is 375 g/mol. The summed E-state index contributed by atoms with van der Waals surface area (Å²) in [5.41, 5.74) is 2.76. The van der Waals surface area contributed by atoms with Gasteiger partial charge in [0, 0.05) is 7.05 Å². The maximum Gasteiger partial charge on any atom is 0.277 e. The molecule has 3 aromatic rings. The summed E-state index contributed by atoms with van der Waals surface area (Å²) >= 11 is 3.30. The second kappa shape index (κ2) is 6.33. The van der Waals surface area contributed by atoms with E-state index >= 15 is 0 Å². The van der Waals surface area contributed by atoms with Crippen LogP contribution in [0.3, 0.4) is 0 Å². The van der Waals surface area contributed by atoms with Gasteiger partial charge in [0.2, 0.25) is 5.95 Å². The van der Waals surface area contributed by atoms with Crippen molar-refractivity contribution in [1.29, 1.82) is 0 Å². The van der Waals surface area contributed by atoms with E-state index in [4.69, 9.17) is 0 Å². The van der Waals surface area contributed by atoms with Crippen molar-refractivity contribution in [3.8, 4) is 0 Å². The van der Waals surface area contributed by atoms with Crippen molar-refractivity contribution in [3.63, 3.8) is 0 Å². The highest BCUT2D eigenvalue weighted by molar-refractivity contribution is 9.10. The van der Waals surface area contributed by atoms with E-state index in [1.54, 1.807) is 24.3 Å². The van der Waals surface area contributed by atoms with E-state index < -0.39 is 0 Å². The number of aryl methyl sites for hydroxylation is 2. The minimum atomic E-state index is -0.314. The Bertz CT molecular complexity index is 834. The predicted molar refractivity (Wildman–Crippen MR) is 89.2 cm³/mol. The molecule has 1 amide bonds. The van der Waals surface area contributed by atoms with Gasteiger partial charge in [-0.1, -0.05) is 24.3 Å². The molecule has 0 saturated heterocycles. The van der Waals surface area contributed by atoms with E-state index in [9.17, 15) is 4.79 Å². The monoisotopic (exact) mass is 374 g/mol. The number of carbonyl (C=O) groups excluding carboxylic acids is 1. The molecule has 0 atom stereocenters. The largest absolute Gasteiger partial charge is 0.288 e. The van der Waals surface area contributed by atoms with Gasteiger partial charge in [-0.15, -0.1) is 5.10 Å². The molecule has 0 radical (unpaired) electrons. The number of hydrogen-bond acceptors (Lipinski definition) is 4. The molecule has 2 heterocycles. The Kier molecular flexibility index (Phi) is 4.24. The minimum Gasteiger partial charge on any atom is -0.288 e. The second-order valence-electron chi connectivity index (χ2n) is 5.11. The van der Waals surface area contributed by atoms with Crippen molar-refractivity contribution in [2.24, 2.45) is 7.05 Å². The lowest BCUT2D eigenvalue weighted by molar-refractivity contribution is 0.101. The molecule has 1 N–H and O–H groups in total. The van der Waals surface area contributed by atoms with E-state index in [0.29, 0.717) is 16.7 Å². The van der Waals surface area contributed by atoms with Crippen LogP contribution in [0.5, 0.6) is 0 Å². The molecule has 0 aliphatic carbocycles. The molecule has 1 aromatic carbocycles. The average Bonchev–Trinajstić information content (AvgIpc) is 3.08. The molecule has 118 valence electrons. The van der Waals surface area contributed by atoms with Gasteiger partial charge in [-0.05, 0) is 34.0 Å². The number of hydrogen-bond donors (Lipinski definition) is 1. The SMILES string of the molecule is Cc1ccccc1Cn1cnc(NC(=O)c2c(Br)cnn2C)n1. The van der Waals surface area contributed by atoms with Crippen LogP contribution in [0.4, 0.5) is 5.95 Å². The quantitative estimate of drug-likeness (QED) is 0.760. The number of halogens is 1. The third-order valence-corrected chi connectivity index (χ3v) is 4.04. The molecule has 3 rings (SSSR count). The van der Waals surface area contributed by atoms with Gasteiger partial charge < -0.3 is 0 Å².